The summed E-state index contributed by atoms with van der Waals surface area (Å²) >= 11 is 0. The second-order valence-electron chi connectivity index (χ2n) is 7.10. The van der Waals surface area contributed by atoms with Crippen LogP contribution in [0.4, 0.5) is 13.2 Å². The largest absolute Gasteiger partial charge is 0.411 e. The molecule has 0 atom stereocenters. The summed E-state index contributed by atoms with van der Waals surface area (Å²) < 4.78 is 41.1. The summed E-state index contributed by atoms with van der Waals surface area (Å²) in [5.41, 5.74) is 0.127. The van der Waals surface area contributed by atoms with Gasteiger partial charge in [-0.15, -0.1) is 0 Å². The topological polar surface area (TPSA) is 24.5 Å². The molecule has 0 aromatic carbocycles. The molecule has 1 saturated heterocycles. The van der Waals surface area contributed by atoms with E-state index in [9.17, 15) is 13.2 Å². The lowest BCUT2D eigenvalue weighted by Crippen LogP contribution is -2.68. The number of hydrogen-bond acceptors (Lipinski definition) is 3. The number of alkyl halides is 3. The normalized spacial score (nSPS) is 26.1. The molecule has 0 aromatic heterocycles. The molecule has 0 aromatic rings. The number of nitrogens with one attached hydrogen (secondary N) is 1. The molecule has 1 heterocycles. The zero-order chi connectivity index (χ0) is 15.6. The van der Waals surface area contributed by atoms with Gasteiger partial charge >= 0.3 is 6.18 Å². The molecule has 2 rings (SSSR count). The Morgan fingerprint density at radius 2 is 1.81 bits per heavy atom. The Morgan fingerprint density at radius 1 is 1.14 bits per heavy atom. The van der Waals surface area contributed by atoms with E-state index >= 15 is 0 Å². The van der Waals surface area contributed by atoms with Gasteiger partial charge < -0.3 is 10.1 Å². The second kappa shape index (κ2) is 6.42. The molecule has 21 heavy (non-hydrogen) atoms. The van der Waals surface area contributed by atoms with Crippen LogP contribution in [0.25, 0.3) is 0 Å². The Kier molecular flexibility index (Phi) is 5.21. The molecular weight excluding hydrogens is 281 g/mol. The Labute approximate surface area is 125 Å². The fraction of sp³-hybridized carbons (Fsp3) is 1.00. The molecular formula is C15H27F3N2O. The van der Waals surface area contributed by atoms with Crippen molar-refractivity contribution in [3.8, 4) is 0 Å². The first-order chi connectivity index (χ1) is 9.73. The number of halogens is 3. The van der Waals surface area contributed by atoms with E-state index in [2.05, 4.69) is 24.1 Å². The molecule has 6 heteroatoms. The smallest absolute Gasteiger partial charge is 0.371 e. The second-order valence-corrected chi connectivity index (χ2v) is 7.10. The summed E-state index contributed by atoms with van der Waals surface area (Å²) in [7, 11) is 0. The van der Waals surface area contributed by atoms with Gasteiger partial charge in [0.05, 0.1) is 6.61 Å². The average Bonchev–Trinajstić information content (AvgIpc) is 2.39. The maximum atomic E-state index is 12.1. The van der Waals surface area contributed by atoms with E-state index in [4.69, 9.17) is 4.74 Å². The minimum atomic E-state index is -4.23. The van der Waals surface area contributed by atoms with Gasteiger partial charge in [-0.05, 0) is 26.7 Å². The van der Waals surface area contributed by atoms with Gasteiger partial charge in [-0.1, -0.05) is 19.3 Å². The van der Waals surface area contributed by atoms with Crippen LogP contribution in [0.5, 0.6) is 0 Å². The predicted octanol–water partition coefficient (Wildman–Crippen LogP) is 2.95. The van der Waals surface area contributed by atoms with Crippen LogP contribution in [-0.2, 0) is 4.74 Å². The molecule has 2 aliphatic rings. The van der Waals surface area contributed by atoms with Crippen molar-refractivity contribution in [2.24, 2.45) is 0 Å². The van der Waals surface area contributed by atoms with Gasteiger partial charge in [0.1, 0.15) is 6.61 Å². The summed E-state index contributed by atoms with van der Waals surface area (Å²) in [6, 6.07) is 0. The first-order valence-corrected chi connectivity index (χ1v) is 7.87. The molecule has 1 saturated carbocycles. The van der Waals surface area contributed by atoms with Crippen LogP contribution in [0.3, 0.4) is 0 Å². The molecule has 0 radical (unpaired) electrons. The van der Waals surface area contributed by atoms with Gasteiger partial charge in [0.15, 0.2) is 0 Å². The van der Waals surface area contributed by atoms with Gasteiger partial charge in [0.25, 0.3) is 0 Å². The summed E-state index contributed by atoms with van der Waals surface area (Å²) in [5, 5.41) is 3.71. The van der Waals surface area contributed by atoms with Crippen molar-refractivity contribution in [2.75, 3.05) is 32.8 Å². The molecule has 124 valence electrons. The first kappa shape index (κ1) is 17.0. The molecule has 2 fully saturated rings. The highest BCUT2D eigenvalue weighted by molar-refractivity contribution is 5.03. The van der Waals surface area contributed by atoms with Crippen molar-refractivity contribution >= 4 is 0 Å². The molecule has 1 aliphatic heterocycles. The standard InChI is InChI=1S/C15H27F3N2O/c1-13(2)10-19-14(6-4-3-5-7-14)11-20(13)8-9-21-12-15(16,17)18/h19H,3-12H2,1-2H3. The number of rotatable bonds is 4. The lowest BCUT2D eigenvalue weighted by Gasteiger charge is -2.53. The van der Waals surface area contributed by atoms with E-state index in [-0.39, 0.29) is 17.7 Å². The predicted molar refractivity (Wildman–Crippen MR) is 76.3 cm³/mol. The fourth-order valence-electron chi connectivity index (χ4n) is 3.46. The van der Waals surface area contributed by atoms with Crippen molar-refractivity contribution in [2.45, 2.75) is 63.2 Å². The third kappa shape index (κ3) is 4.83. The summed E-state index contributed by atoms with van der Waals surface area (Å²) in [4.78, 5) is 2.30. The third-order valence-electron chi connectivity index (χ3n) is 4.83. The van der Waals surface area contributed by atoms with Gasteiger partial charge in [-0.3, -0.25) is 4.90 Å². The first-order valence-electron chi connectivity index (χ1n) is 7.87. The van der Waals surface area contributed by atoms with Crippen LogP contribution in [0.15, 0.2) is 0 Å². The zero-order valence-electron chi connectivity index (χ0n) is 13.1. The molecule has 1 N–H and O–H groups in total. The van der Waals surface area contributed by atoms with Crippen LogP contribution < -0.4 is 5.32 Å². The highest BCUT2D eigenvalue weighted by atomic mass is 19.4. The van der Waals surface area contributed by atoms with Gasteiger partial charge in [0, 0.05) is 30.7 Å². The number of ether oxygens (including phenoxy) is 1. The Morgan fingerprint density at radius 3 is 2.43 bits per heavy atom. The fourth-order valence-corrected chi connectivity index (χ4v) is 3.46. The summed E-state index contributed by atoms with van der Waals surface area (Å²) in [6.07, 6.45) is 1.88. The Balaban J connectivity index is 1.85. The molecule has 1 spiro atoms. The number of hydrogen-bond donors (Lipinski definition) is 1. The number of nitrogens with zero attached hydrogens (tertiary/aromatic N) is 1. The Hall–Kier alpha value is -0.330. The van der Waals surface area contributed by atoms with Crippen molar-refractivity contribution < 1.29 is 17.9 Å². The SMILES string of the molecule is CC1(C)CNC2(CCCCC2)CN1CCOCC(F)(F)F. The summed E-state index contributed by atoms with van der Waals surface area (Å²) in [6.45, 7) is 5.62. The van der Waals surface area contributed by atoms with Crippen molar-refractivity contribution in [1.29, 1.82) is 0 Å². The summed E-state index contributed by atoms with van der Waals surface area (Å²) in [5.74, 6) is 0. The average molecular weight is 308 g/mol. The third-order valence-corrected chi connectivity index (χ3v) is 4.83. The van der Waals surface area contributed by atoms with Gasteiger partial charge in [-0.2, -0.15) is 13.2 Å². The lowest BCUT2D eigenvalue weighted by molar-refractivity contribution is -0.175. The minimum absolute atomic E-state index is 0.0374. The van der Waals surface area contributed by atoms with Crippen LogP contribution in [-0.4, -0.2) is 55.0 Å². The van der Waals surface area contributed by atoms with Gasteiger partial charge in [0.2, 0.25) is 0 Å². The maximum Gasteiger partial charge on any atom is 0.411 e. The molecule has 3 nitrogen and oxygen atoms in total. The molecule has 0 bridgehead atoms. The van der Waals surface area contributed by atoms with E-state index in [0.29, 0.717) is 6.54 Å². The van der Waals surface area contributed by atoms with E-state index < -0.39 is 12.8 Å². The van der Waals surface area contributed by atoms with E-state index in [0.717, 1.165) is 13.1 Å². The maximum absolute atomic E-state index is 12.1. The highest BCUT2D eigenvalue weighted by Crippen LogP contribution is 2.34. The van der Waals surface area contributed by atoms with Crippen molar-refractivity contribution in [3.05, 3.63) is 0 Å². The van der Waals surface area contributed by atoms with E-state index in [1.54, 1.807) is 0 Å². The molecule has 0 amide bonds. The van der Waals surface area contributed by atoms with E-state index in [1.165, 1.54) is 32.1 Å². The van der Waals surface area contributed by atoms with E-state index in [1.807, 2.05) is 0 Å². The zero-order valence-corrected chi connectivity index (χ0v) is 13.1. The van der Waals surface area contributed by atoms with Crippen molar-refractivity contribution in [3.63, 3.8) is 0 Å². The van der Waals surface area contributed by atoms with Crippen LogP contribution in [0, 0.1) is 0 Å². The molecule has 1 aliphatic carbocycles. The highest BCUT2D eigenvalue weighted by Gasteiger charge is 2.42. The van der Waals surface area contributed by atoms with Crippen LogP contribution >= 0.6 is 0 Å². The monoisotopic (exact) mass is 308 g/mol. The quantitative estimate of drug-likeness (QED) is 0.808. The van der Waals surface area contributed by atoms with Crippen LogP contribution in [0.2, 0.25) is 0 Å². The molecule has 0 unspecified atom stereocenters. The lowest BCUT2D eigenvalue weighted by atomic mass is 9.78. The minimum Gasteiger partial charge on any atom is -0.371 e. The Bertz CT molecular complexity index is 338. The van der Waals surface area contributed by atoms with Crippen molar-refractivity contribution in [1.82, 2.24) is 10.2 Å². The van der Waals surface area contributed by atoms with Crippen LogP contribution in [0.1, 0.15) is 46.0 Å². The van der Waals surface area contributed by atoms with Gasteiger partial charge in [-0.25, -0.2) is 0 Å². The number of piperazine rings is 1.